The Morgan fingerprint density at radius 1 is 1.47 bits per heavy atom. The topological polar surface area (TPSA) is 45.0 Å². The van der Waals surface area contributed by atoms with Gasteiger partial charge < -0.3 is 10.1 Å². The van der Waals surface area contributed by atoms with E-state index in [1.165, 1.54) is 6.07 Å². The van der Waals surface area contributed by atoms with E-state index in [2.05, 4.69) is 11.4 Å². The van der Waals surface area contributed by atoms with Crippen molar-refractivity contribution in [3.05, 3.63) is 30.1 Å². The van der Waals surface area contributed by atoms with Gasteiger partial charge in [0.25, 0.3) is 0 Å². The second-order valence-corrected chi connectivity index (χ2v) is 4.47. The van der Waals surface area contributed by atoms with Crippen molar-refractivity contribution in [2.75, 3.05) is 12.4 Å². The number of anilines is 1. The molecule has 1 atom stereocenters. The number of hydrogen-bond donors (Lipinski definition) is 1. The number of benzene rings is 1. The van der Waals surface area contributed by atoms with Crippen LogP contribution in [0.3, 0.4) is 0 Å². The normalized spacial score (nSPS) is 12.9. The number of nitrogens with zero attached hydrogens (tertiary/aromatic N) is 1. The van der Waals surface area contributed by atoms with Crippen molar-refractivity contribution in [3.63, 3.8) is 0 Å². The zero-order valence-corrected chi connectivity index (χ0v) is 10.3. The molecule has 92 valence electrons. The zero-order valence-electron chi connectivity index (χ0n) is 10.3. The Hall–Kier alpha value is -1.60. The summed E-state index contributed by atoms with van der Waals surface area (Å²) in [4.78, 5) is 0. The maximum absolute atomic E-state index is 13.4. The fraction of sp³-hybridized carbons (Fsp3) is 0.462. The van der Waals surface area contributed by atoms with Crippen molar-refractivity contribution in [1.29, 1.82) is 5.26 Å². The van der Waals surface area contributed by atoms with E-state index in [1.807, 2.05) is 13.8 Å². The summed E-state index contributed by atoms with van der Waals surface area (Å²) >= 11 is 0. The van der Waals surface area contributed by atoms with Crippen LogP contribution in [-0.2, 0) is 4.74 Å². The molecule has 1 aromatic carbocycles. The SMILES string of the molecule is COC(C)(C)CC(C#N)Nc1ccccc1F. The summed E-state index contributed by atoms with van der Waals surface area (Å²) in [5.74, 6) is -0.358. The van der Waals surface area contributed by atoms with Crippen molar-refractivity contribution < 1.29 is 9.13 Å². The number of methoxy groups -OCH3 is 1. The fourth-order valence-corrected chi connectivity index (χ4v) is 1.47. The summed E-state index contributed by atoms with van der Waals surface area (Å²) < 4.78 is 18.7. The van der Waals surface area contributed by atoms with Gasteiger partial charge in [0.1, 0.15) is 11.9 Å². The highest BCUT2D eigenvalue weighted by atomic mass is 19.1. The minimum atomic E-state index is -0.484. The Labute approximate surface area is 101 Å². The number of nitriles is 1. The van der Waals surface area contributed by atoms with Crippen LogP contribution >= 0.6 is 0 Å². The van der Waals surface area contributed by atoms with E-state index in [1.54, 1.807) is 25.3 Å². The Morgan fingerprint density at radius 2 is 2.12 bits per heavy atom. The average molecular weight is 236 g/mol. The standard InChI is InChI=1S/C13H17FN2O/c1-13(2,17-3)8-10(9-15)16-12-7-5-4-6-11(12)14/h4-7,10,16H,8H2,1-3H3. The molecule has 0 heterocycles. The Balaban J connectivity index is 2.72. The maximum Gasteiger partial charge on any atom is 0.146 e. The monoisotopic (exact) mass is 236 g/mol. The summed E-state index contributed by atoms with van der Waals surface area (Å²) in [5.41, 5.74) is -0.0792. The van der Waals surface area contributed by atoms with Crippen molar-refractivity contribution >= 4 is 5.69 Å². The Morgan fingerprint density at radius 3 is 2.65 bits per heavy atom. The van der Waals surface area contributed by atoms with Gasteiger partial charge in [-0.15, -0.1) is 0 Å². The molecule has 0 saturated carbocycles. The molecule has 0 bridgehead atoms. The molecule has 0 saturated heterocycles. The molecule has 0 aliphatic rings. The van der Waals surface area contributed by atoms with Crippen LogP contribution in [0.5, 0.6) is 0 Å². The van der Waals surface area contributed by atoms with E-state index in [0.717, 1.165) is 0 Å². The lowest BCUT2D eigenvalue weighted by Gasteiger charge is -2.26. The van der Waals surface area contributed by atoms with E-state index >= 15 is 0 Å². The zero-order chi connectivity index (χ0) is 12.9. The van der Waals surface area contributed by atoms with Gasteiger partial charge in [0.2, 0.25) is 0 Å². The first kappa shape index (κ1) is 13.5. The van der Waals surface area contributed by atoms with Gasteiger partial charge in [0.15, 0.2) is 0 Å². The molecule has 0 aliphatic carbocycles. The minimum Gasteiger partial charge on any atom is -0.379 e. The van der Waals surface area contributed by atoms with Crippen LogP contribution in [0, 0.1) is 17.1 Å². The number of halogens is 1. The molecule has 1 N–H and O–H groups in total. The van der Waals surface area contributed by atoms with Crippen molar-refractivity contribution in [1.82, 2.24) is 0 Å². The number of para-hydroxylation sites is 1. The molecule has 3 nitrogen and oxygen atoms in total. The van der Waals surface area contributed by atoms with Crippen LogP contribution < -0.4 is 5.32 Å². The molecule has 0 spiro atoms. The third-order valence-corrected chi connectivity index (χ3v) is 2.61. The molecule has 17 heavy (non-hydrogen) atoms. The van der Waals surface area contributed by atoms with E-state index in [9.17, 15) is 4.39 Å². The number of rotatable bonds is 5. The van der Waals surface area contributed by atoms with Crippen LogP contribution in [0.25, 0.3) is 0 Å². The summed E-state index contributed by atoms with van der Waals surface area (Å²) in [7, 11) is 1.59. The third kappa shape index (κ3) is 4.04. The molecule has 1 rings (SSSR count). The highest BCUT2D eigenvalue weighted by molar-refractivity contribution is 5.46. The summed E-state index contributed by atoms with van der Waals surface area (Å²) in [6, 6.07) is 7.93. The first-order valence-corrected chi connectivity index (χ1v) is 5.44. The van der Waals surface area contributed by atoms with Crippen molar-refractivity contribution in [3.8, 4) is 6.07 Å². The lowest BCUT2D eigenvalue weighted by atomic mass is 9.99. The van der Waals surface area contributed by atoms with E-state index < -0.39 is 11.6 Å². The Bertz CT molecular complexity index is 412. The van der Waals surface area contributed by atoms with Crippen LogP contribution in [0.1, 0.15) is 20.3 Å². The van der Waals surface area contributed by atoms with Gasteiger partial charge in [-0.25, -0.2) is 4.39 Å². The molecule has 0 radical (unpaired) electrons. The first-order chi connectivity index (χ1) is 7.98. The van der Waals surface area contributed by atoms with Gasteiger partial charge in [0, 0.05) is 13.5 Å². The van der Waals surface area contributed by atoms with E-state index in [-0.39, 0.29) is 5.82 Å². The second kappa shape index (κ2) is 5.65. The van der Waals surface area contributed by atoms with Gasteiger partial charge >= 0.3 is 0 Å². The lowest BCUT2D eigenvalue weighted by Crippen LogP contribution is -2.32. The Kier molecular flexibility index (Phi) is 4.47. The smallest absolute Gasteiger partial charge is 0.146 e. The number of ether oxygens (including phenoxy) is 1. The van der Waals surface area contributed by atoms with Crippen LogP contribution in [0.4, 0.5) is 10.1 Å². The van der Waals surface area contributed by atoms with Gasteiger partial charge in [-0.05, 0) is 26.0 Å². The van der Waals surface area contributed by atoms with Crippen molar-refractivity contribution in [2.24, 2.45) is 0 Å². The number of hydrogen-bond acceptors (Lipinski definition) is 3. The molecule has 0 fully saturated rings. The number of nitrogens with one attached hydrogen (secondary N) is 1. The van der Waals surface area contributed by atoms with Crippen LogP contribution in [0.15, 0.2) is 24.3 Å². The van der Waals surface area contributed by atoms with Gasteiger partial charge in [-0.1, -0.05) is 12.1 Å². The van der Waals surface area contributed by atoms with Crippen LogP contribution in [-0.4, -0.2) is 18.8 Å². The first-order valence-electron chi connectivity index (χ1n) is 5.44. The molecule has 1 aromatic rings. The molecule has 0 amide bonds. The van der Waals surface area contributed by atoms with Gasteiger partial charge in [-0.3, -0.25) is 0 Å². The van der Waals surface area contributed by atoms with Gasteiger partial charge in [-0.2, -0.15) is 5.26 Å². The lowest BCUT2D eigenvalue weighted by molar-refractivity contribution is 0.0148. The molecular formula is C13H17FN2O. The maximum atomic E-state index is 13.4. The molecule has 1 unspecified atom stereocenters. The average Bonchev–Trinajstić information content (AvgIpc) is 2.31. The fourth-order valence-electron chi connectivity index (χ4n) is 1.47. The highest BCUT2D eigenvalue weighted by Gasteiger charge is 2.23. The predicted octanol–water partition coefficient (Wildman–Crippen LogP) is 2.94. The largest absolute Gasteiger partial charge is 0.379 e. The highest BCUT2D eigenvalue weighted by Crippen LogP contribution is 2.20. The molecule has 4 heteroatoms. The molecular weight excluding hydrogens is 219 g/mol. The van der Waals surface area contributed by atoms with E-state index in [4.69, 9.17) is 10.00 Å². The summed E-state index contributed by atoms with van der Waals surface area (Å²) in [5, 5.41) is 11.9. The van der Waals surface area contributed by atoms with Crippen LogP contribution in [0.2, 0.25) is 0 Å². The second-order valence-electron chi connectivity index (χ2n) is 4.47. The quantitative estimate of drug-likeness (QED) is 0.854. The predicted molar refractivity (Wildman–Crippen MR) is 65.1 cm³/mol. The molecule has 0 aromatic heterocycles. The summed E-state index contributed by atoms with van der Waals surface area (Å²) in [6.45, 7) is 3.78. The van der Waals surface area contributed by atoms with Crippen molar-refractivity contribution in [2.45, 2.75) is 31.9 Å². The molecule has 0 aliphatic heterocycles. The van der Waals surface area contributed by atoms with E-state index in [0.29, 0.717) is 12.1 Å². The third-order valence-electron chi connectivity index (χ3n) is 2.61. The van der Waals surface area contributed by atoms with Gasteiger partial charge in [0.05, 0.1) is 17.4 Å². The summed E-state index contributed by atoms with van der Waals surface area (Å²) in [6.07, 6.45) is 0.480. The minimum absolute atomic E-state index is 0.339.